The van der Waals surface area contributed by atoms with Crippen LogP contribution in [0.25, 0.3) is 11.1 Å². The second kappa shape index (κ2) is 15.3. The van der Waals surface area contributed by atoms with Gasteiger partial charge in [0, 0.05) is 23.9 Å². The summed E-state index contributed by atoms with van der Waals surface area (Å²) in [4.78, 5) is 27.5. The lowest BCUT2D eigenvalue weighted by Gasteiger charge is -2.29. The van der Waals surface area contributed by atoms with Crippen LogP contribution in [0, 0.1) is 12.8 Å². The highest BCUT2D eigenvalue weighted by atomic mass is 32.2. The second-order valence-corrected chi connectivity index (χ2v) is 12.0. The third kappa shape index (κ3) is 9.16. The lowest BCUT2D eigenvalue weighted by molar-refractivity contribution is -0.139. The molecule has 2 aromatic rings. The summed E-state index contributed by atoms with van der Waals surface area (Å²) < 4.78 is 0. The van der Waals surface area contributed by atoms with Crippen molar-refractivity contribution in [2.75, 3.05) is 30.6 Å². The normalized spacial score (nSPS) is 13.1. The van der Waals surface area contributed by atoms with E-state index < -0.39 is 12.0 Å². The number of carboxylic acid groups (broad SMARTS) is 1. The maximum absolute atomic E-state index is 13.3. The fourth-order valence-electron chi connectivity index (χ4n) is 4.31. The van der Waals surface area contributed by atoms with Crippen LogP contribution in [0.15, 0.2) is 42.5 Å². The number of carbonyl (C=O) groups is 2. The molecule has 5 nitrogen and oxygen atoms in total. The molecule has 0 heterocycles. The Morgan fingerprint density at radius 3 is 2.44 bits per heavy atom. The summed E-state index contributed by atoms with van der Waals surface area (Å²) in [5.74, 6) is 2.15. The minimum atomic E-state index is -1.01. The van der Waals surface area contributed by atoms with E-state index in [0.29, 0.717) is 29.7 Å². The SMILES string of the molecule is CCSC[C@H](CC(C)C)N(C)Cc1ccc(C(=O)NC(CCSC)C(=O)O)c(-c2ccccc2C)c1. The Hall–Kier alpha value is -1.96. The van der Waals surface area contributed by atoms with Crippen molar-refractivity contribution >= 4 is 35.4 Å². The molecule has 0 aliphatic heterocycles. The maximum Gasteiger partial charge on any atom is 0.326 e. The molecule has 1 unspecified atom stereocenters. The molecule has 2 aromatic carbocycles. The number of hydrogen-bond donors (Lipinski definition) is 2. The van der Waals surface area contributed by atoms with Crippen LogP contribution in [0.4, 0.5) is 0 Å². The molecule has 7 heteroatoms. The zero-order valence-corrected chi connectivity index (χ0v) is 24.2. The van der Waals surface area contributed by atoms with Crippen molar-refractivity contribution < 1.29 is 14.7 Å². The van der Waals surface area contributed by atoms with Gasteiger partial charge in [0.1, 0.15) is 6.04 Å². The van der Waals surface area contributed by atoms with Crippen LogP contribution < -0.4 is 5.32 Å². The van der Waals surface area contributed by atoms with Gasteiger partial charge in [0.2, 0.25) is 0 Å². The van der Waals surface area contributed by atoms with Gasteiger partial charge in [-0.2, -0.15) is 23.5 Å². The van der Waals surface area contributed by atoms with E-state index in [2.05, 4.69) is 44.1 Å². The van der Waals surface area contributed by atoms with Crippen molar-refractivity contribution in [1.29, 1.82) is 0 Å². The number of nitrogens with one attached hydrogen (secondary N) is 1. The Morgan fingerprint density at radius 2 is 1.83 bits per heavy atom. The standard InChI is InChI=1S/C29H42N2O3S2/c1-7-36-19-23(16-20(2)3)31(5)18-22-12-13-25(26(17-22)24-11-9-8-10-21(24)4)28(32)30-27(29(33)34)14-15-35-6/h8-13,17,20,23,27H,7,14-16,18-19H2,1-6H3,(H,30,32)(H,33,34)/t23-,27?/m0/s1. The third-order valence-electron chi connectivity index (χ3n) is 6.29. The van der Waals surface area contributed by atoms with Crippen molar-refractivity contribution in [3.63, 3.8) is 0 Å². The average Bonchev–Trinajstić information content (AvgIpc) is 2.84. The van der Waals surface area contributed by atoms with Gasteiger partial charge in [-0.1, -0.05) is 51.1 Å². The first-order chi connectivity index (χ1) is 17.2. The molecular formula is C29H42N2O3S2. The topological polar surface area (TPSA) is 69.6 Å². The van der Waals surface area contributed by atoms with Gasteiger partial charge < -0.3 is 10.4 Å². The van der Waals surface area contributed by atoms with Crippen molar-refractivity contribution in [3.8, 4) is 11.1 Å². The Labute approximate surface area is 225 Å². The minimum absolute atomic E-state index is 0.348. The van der Waals surface area contributed by atoms with Crippen molar-refractivity contribution in [1.82, 2.24) is 10.2 Å². The number of aliphatic carboxylic acids is 1. The molecule has 0 radical (unpaired) electrons. The first-order valence-electron chi connectivity index (χ1n) is 12.7. The summed E-state index contributed by atoms with van der Waals surface area (Å²) in [5, 5.41) is 12.4. The lowest BCUT2D eigenvalue weighted by Crippen LogP contribution is -2.41. The molecular weight excluding hydrogens is 488 g/mol. The van der Waals surface area contributed by atoms with Crippen LogP contribution in [0.1, 0.15) is 55.1 Å². The molecule has 0 aliphatic rings. The van der Waals surface area contributed by atoms with Crippen molar-refractivity contribution in [3.05, 3.63) is 59.2 Å². The summed E-state index contributed by atoms with van der Waals surface area (Å²) in [6, 6.07) is 13.6. The predicted molar refractivity (Wildman–Crippen MR) is 156 cm³/mol. The summed E-state index contributed by atoms with van der Waals surface area (Å²) >= 11 is 3.54. The number of amides is 1. The number of rotatable bonds is 15. The molecule has 2 N–H and O–H groups in total. The van der Waals surface area contributed by atoms with E-state index in [1.807, 2.05) is 61.3 Å². The van der Waals surface area contributed by atoms with E-state index in [-0.39, 0.29) is 5.91 Å². The third-order valence-corrected chi connectivity index (χ3v) is 7.96. The lowest BCUT2D eigenvalue weighted by atomic mass is 9.93. The zero-order chi connectivity index (χ0) is 26.7. The highest BCUT2D eigenvalue weighted by Gasteiger charge is 2.23. The fourth-order valence-corrected chi connectivity index (χ4v) is 5.67. The molecule has 0 aromatic heterocycles. The summed E-state index contributed by atoms with van der Waals surface area (Å²) in [5.41, 5.74) is 4.55. The van der Waals surface area contributed by atoms with Crippen LogP contribution in [-0.4, -0.2) is 64.5 Å². The predicted octanol–water partition coefficient (Wildman–Crippen LogP) is 6.20. The number of carboxylic acids is 1. The van der Waals surface area contributed by atoms with Crippen LogP contribution in [0.5, 0.6) is 0 Å². The molecule has 0 spiro atoms. The fraction of sp³-hybridized carbons (Fsp3) is 0.517. The van der Waals surface area contributed by atoms with E-state index in [0.717, 1.165) is 46.7 Å². The zero-order valence-electron chi connectivity index (χ0n) is 22.5. The molecule has 0 bridgehead atoms. The maximum atomic E-state index is 13.3. The van der Waals surface area contributed by atoms with E-state index in [1.54, 1.807) is 11.8 Å². The molecule has 1 amide bonds. The second-order valence-electron chi connectivity index (χ2n) is 9.70. The number of nitrogens with zero attached hydrogens (tertiary/aromatic N) is 1. The van der Waals surface area contributed by atoms with Gasteiger partial charge in [0.15, 0.2) is 0 Å². The van der Waals surface area contributed by atoms with E-state index in [9.17, 15) is 14.7 Å². The van der Waals surface area contributed by atoms with Crippen molar-refractivity contribution in [2.24, 2.45) is 5.92 Å². The summed E-state index contributed by atoms with van der Waals surface area (Å²) in [7, 11) is 2.18. The van der Waals surface area contributed by atoms with Gasteiger partial charge >= 0.3 is 5.97 Å². The molecule has 2 atom stereocenters. The molecule has 36 heavy (non-hydrogen) atoms. The van der Waals surface area contributed by atoms with E-state index in [4.69, 9.17) is 0 Å². The number of benzene rings is 2. The van der Waals surface area contributed by atoms with E-state index >= 15 is 0 Å². The highest BCUT2D eigenvalue weighted by molar-refractivity contribution is 7.99. The quantitative estimate of drug-likeness (QED) is 0.286. The Bertz CT molecular complexity index is 996. The minimum Gasteiger partial charge on any atom is -0.480 e. The van der Waals surface area contributed by atoms with Gasteiger partial charge in [-0.05, 0) is 84.9 Å². The largest absolute Gasteiger partial charge is 0.480 e. The van der Waals surface area contributed by atoms with Crippen molar-refractivity contribution in [2.45, 2.75) is 59.2 Å². The summed E-state index contributed by atoms with van der Waals surface area (Å²) in [6.07, 6.45) is 3.46. The Balaban J connectivity index is 2.40. The molecule has 198 valence electrons. The van der Waals surface area contributed by atoms with Crippen LogP contribution in [-0.2, 0) is 11.3 Å². The number of carbonyl (C=O) groups excluding carboxylic acids is 1. The van der Waals surface area contributed by atoms with E-state index in [1.165, 1.54) is 0 Å². The number of thioether (sulfide) groups is 2. The van der Waals surface area contributed by atoms with Gasteiger partial charge in [0.05, 0.1) is 0 Å². The Kier molecular flexibility index (Phi) is 12.9. The first kappa shape index (κ1) is 30.3. The summed E-state index contributed by atoms with van der Waals surface area (Å²) in [6.45, 7) is 9.56. The molecule has 0 saturated carbocycles. The van der Waals surface area contributed by atoms with Gasteiger partial charge in [-0.3, -0.25) is 9.69 Å². The monoisotopic (exact) mass is 530 g/mol. The van der Waals surface area contributed by atoms with Gasteiger partial charge in [-0.15, -0.1) is 0 Å². The molecule has 0 fully saturated rings. The molecule has 0 saturated heterocycles. The number of hydrogen-bond acceptors (Lipinski definition) is 5. The molecule has 0 aliphatic carbocycles. The highest BCUT2D eigenvalue weighted by Crippen LogP contribution is 2.29. The average molecular weight is 531 g/mol. The van der Waals surface area contributed by atoms with Gasteiger partial charge in [-0.25, -0.2) is 4.79 Å². The molecule has 2 rings (SSSR count). The smallest absolute Gasteiger partial charge is 0.326 e. The van der Waals surface area contributed by atoms with Gasteiger partial charge in [0.25, 0.3) is 5.91 Å². The van der Waals surface area contributed by atoms with Crippen LogP contribution in [0.2, 0.25) is 0 Å². The Morgan fingerprint density at radius 1 is 1.11 bits per heavy atom. The first-order valence-corrected chi connectivity index (χ1v) is 15.2. The van der Waals surface area contributed by atoms with Crippen LogP contribution in [0.3, 0.4) is 0 Å². The number of aryl methyl sites for hydroxylation is 1. The van der Waals surface area contributed by atoms with Crippen LogP contribution >= 0.6 is 23.5 Å².